The van der Waals surface area contributed by atoms with Crippen LogP contribution in [0.15, 0.2) is 71.6 Å². The third-order valence-corrected chi connectivity index (χ3v) is 6.31. The number of hydrogen-bond donors (Lipinski definition) is 2. The van der Waals surface area contributed by atoms with Gasteiger partial charge < -0.3 is 19.9 Å². The Hall–Kier alpha value is -4.64. The standard InChI is InChI=1S/C27H21FN2O7S/c1-36-22-12-17(8-11-21(22)37-15-16-6-9-18(10-7-16)26(33)34)13-23-25(32)30(27(35)38-23)14-24(31)29-20-5-3-2-4-19(20)28/h2-13H,14-15H2,1H3,(H,29,31)(H,33,34)/b23-13-. The van der Waals surface area contributed by atoms with Gasteiger partial charge in [0, 0.05) is 0 Å². The molecule has 0 aliphatic carbocycles. The number of hydrogen-bond acceptors (Lipinski definition) is 7. The molecule has 38 heavy (non-hydrogen) atoms. The first-order valence-corrected chi connectivity index (χ1v) is 12.0. The average Bonchev–Trinajstić information content (AvgIpc) is 3.16. The largest absolute Gasteiger partial charge is 0.493 e. The highest BCUT2D eigenvalue weighted by Gasteiger charge is 2.36. The van der Waals surface area contributed by atoms with Gasteiger partial charge in [-0.2, -0.15) is 0 Å². The van der Waals surface area contributed by atoms with Gasteiger partial charge in [-0.15, -0.1) is 0 Å². The van der Waals surface area contributed by atoms with Crippen LogP contribution in [0.2, 0.25) is 0 Å². The molecule has 1 aliphatic heterocycles. The Morgan fingerprint density at radius 1 is 1.05 bits per heavy atom. The number of halogens is 1. The van der Waals surface area contributed by atoms with Gasteiger partial charge in [-0.3, -0.25) is 19.3 Å². The molecular formula is C27H21FN2O7S. The number of nitrogens with zero attached hydrogens (tertiary/aromatic N) is 1. The summed E-state index contributed by atoms with van der Waals surface area (Å²) in [5, 5.41) is 10.7. The van der Waals surface area contributed by atoms with Gasteiger partial charge >= 0.3 is 5.97 Å². The molecule has 3 amide bonds. The second kappa shape index (κ2) is 11.6. The molecule has 0 atom stereocenters. The van der Waals surface area contributed by atoms with Crippen LogP contribution in [0, 0.1) is 5.82 Å². The third kappa shape index (κ3) is 6.19. The Morgan fingerprint density at radius 3 is 2.47 bits per heavy atom. The van der Waals surface area contributed by atoms with Gasteiger partial charge in [0.2, 0.25) is 5.91 Å². The minimum Gasteiger partial charge on any atom is -0.493 e. The number of thioether (sulfide) groups is 1. The van der Waals surface area contributed by atoms with Crippen LogP contribution < -0.4 is 14.8 Å². The first kappa shape index (κ1) is 26.4. The molecule has 11 heteroatoms. The average molecular weight is 537 g/mol. The second-order valence-electron chi connectivity index (χ2n) is 8.00. The second-order valence-corrected chi connectivity index (χ2v) is 8.99. The van der Waals surface area contributed by atoms with Crippen LogP contribution in [0.1, 0.15) is 21.5 Å². The number of ether oxygens (including phenoxy) is 2. The van der Waals surface area contributed by atoms with Crippen molar-refractivity contribution in [2.24, 2.45) is 0 Å². The van der Waals surface area contributed by atoms with Crippen molar-refractivity contribution in [1.29, 1.82) is 0 Å². The number of carbonyl (C=O) groups is 4. The van der Waals surface area contributed by atoms with E-state index in [1.807, 2.05) is 0 Å². The molecule has 4 rings (SSSR count). The van der Waals surface area contributed by atoms with E-state index in [-0.39, 0.29) is 22.8 Å². The summed E-state index contributed by atoms with van der Waals surface area (Å²) in [4.78, 5) is 49.4. The van der Waals surface area contributed by atoms with Crippen LogP contribution in [0.4, 0.5) is 14.9 Å². The number of carbonyl (C=O) groups excluding carboxylic acids is 3. The van der Waals surface area contributed by atoms with Crippen molar-refractivity contribution in [3.63, 3.8) is 0 Å². The predicted octanol–water partition coefficient (Wildman–Crippen LogP) is 4.79. The van der Waals surface area contributed by atoms with Crippen LogP contribution in [-0.4, -0.2) is 46.7 Å². The summed E-state index contributed by atoms with van der Waals surface area (Å²) in [5.74, 6) is -2.20. The molecule has 3 aromatic rings. The number of aromatic carboxylic acids is 1. The van der Waals surface area contributed by atoms with Crippen molar-refractivity contribution in [3.8, 4) is 11.5 Å². The number of carboxylic acid groups (broad SMARTS) is 1. The predicted molar refractivity (Wildman–Crippen MR) is 138 cm³/mol. The highest BCUT2D eigenvalue weighted by molar-refractivity contribution is 8.18. The number of anilines is 1. The maximum Gasteiger partial charge on any atom is 0.335 e. The van der Waals surface area contributed by atoms with E-state index in [0.29, 0.717) is 28.8 Å². The molecule has 9 nitrogen and oxygen atoms in total. The molecule has 1 heterocycles. The molecule has 0 spiro atoms. The van der Waals surface area contributed by atoms with Crippen molar-refractivity contribution in [3.05, 3.63) is 94.1 Å². The zero-order valence-electron chi connectivity index (χ0n) is 20.0. The number of nitrogens with one attached hydrogen (secondary N) is 1. The molecule has 0 saturated carbocycles. The van der Waals surface area contributed by atoms with Crippen LogP contribution in [0.5, 0.6) is 11.5 Å². The van der Waals surface area contributed by atoms with Crippen LogP contribution in [-0.2, 0) is 16.2 Å². The maximum absolute atomic E-state index is 13.8. The van der Waals surface area contributed by atoms with Gasteiger partial charge in [-0.05, 0) is 65.4 Å². The molecule has 3 aromatic carbocycles. The molecule has 0 bridgehead atoms. The molecule has 2 N–H and O–H groups in total. The Morgan fingerprint density at radius 2 is 1.79 bits per heavy atom. The van der Waals surface area contributed by atoms with Crippen molar-refractivity contribution in [2.75, 3.05) is 19.0 Å². The van der Waals surface area contributed by atoms with Gasteiger partial charge in [-0.1, -0.05) is 30.3 Å². The molecule has 0 unspecified atom stereocenters. The number of methoxy groups -OCH3 is 1. The molecule has 0 aromatic heterocycles. The zero-order chi connectivity index (χ0) is 27.2. The van der Waals surface area contributed by atoms with E-state index < -0.39 is 35.4 Å². The zero-order valence-corrected chi connectivity index (χ0v) is 20.8. The minimum atomic E-state index is -1.02. The normalized spacial score (nSPS) is 14.1. The first-order valence-electron chi connectivity index (χ1n) is 11.2. The molecular weight excluding hydrogens is 515 g/mol. The van der Waals surface area contributed by atoms with Crippen molar-refractivity contribution in [2.45, 2.75) is 6.61 Å². The van der Waals surface area contributed by atoms with Gasteiger partial charge in [-0.25, -0.2) is 9.18 Å². The number of imide groups is 1. The number of amides is 3. The lowest BCUT2D eigenvalue weighted by atomic mass is 10.1. The fraction of sp³-hybridized carbons (Fsp3) is 0.111. The van der Waals surface area contributed by atoms with Gasteiger partial charge in [0.25, 0.3) is 11.1 Å². The topological polar surface area (TPSA) is 122 Å². The Labute approximate surface area is 220 Å². The Balaban J connectivity index is 1.42. The highest BCUT2D eigenvalue weighted by Crippen LogP contribution is 2.34. The summed E-state index contributed by atoms with van der Waals surface area (Å²) in [6.07, 6.45) is 1.50. The molecule has 0 radical (unpaired) electrons. The smallest absolute Gasteiger partial charge is 0.335 e. The first-order chi connectivity index (χ1) is 18.2. The lowest BCUT2D eigenvalue weighted by Gasteiger charge is -2.13. The van der Waals surface area contributed by atoms with Gasteiger partial charge in [0.15, 0.2) is 11.5 Å². The fourth-order valence-electron chi connectivity index (χ4n) is 3.48. The Bertz CT molecular complexity index is 1440. The maximum atomic E-state index is 13.8. The summed E-state index contributed by atoms with van der Waals surface area (Å²) in [6.45, 7) is -0.386. The van der Waals surface area contributed by atoms with E-state index in [9.17, 15) is 23.6 Å². The molecule has 1 aliphatic rings. The molecule has 1 fully saturated rings. The molecule has 194 valence electrons. The summed E-state index contributed by atoms with van der Waals surface area (Å²) in [6, 6.07) is 16.8. The number of para-hydroxylation sites is 1. The molecule has 1 saturated heterocycles. The third-order valence-electron chi connectivity index (χ3n) is 5.40. The SMILES string of the molecule is COc1cc(/C=C2\SC(=O)N(CC(=O)Nc3ccccc3F)C2=O)ccc1OCc1ccc(C(=O)O)cc1. The number of carboxylic acids is 1. The van der Waals surface area contributed by atoms with E-state index in [2.05, 4.69) is 5.32 Å². The lowest BCUT2D eigenvalue weighted by molar-refractivity contribution is -0.127. The van der Waals surface area contributed by atoms with Crippen LogP contribution in [0.3, 0.4) is 0 Å². The van der Waals surface area contributed by atoms with Crippen LogP contribution in [0.25, 0.3) is 6.08 Å². The van der Waals surface area contributed by atoms with Crippen molar-refractivity contribution >= 4 is 46.5 Å². The number of rotatable bonds is 9. The van der Waals surface area contributed by atoms with E-state index in [1.165, 1.54) is 43.5 Å². The van der Waals surface area contributed by atoms with Crippen molar-refractivity contribution < 1.29 is 38.1 Å². The highest BCUT2D eigenvalue weighted by atomic mass is 32.2. The fourth-order valence-corrected chi connectivity index (χ4v) is 4.32. The quantitative estimate of drug-likeness (QED) is 0.375. The van der Waals surface area contributed by atoms with Crippen molar-refractivity contribution in [1.82, 2.24) is 4.90 Å². The van der Waals surface area contributed by atoms with E-state index >= 15 is 0 Å². The van der Waals surface area contributed by atoms with Gasteiger partial charge in [0.05, 0.1) is 23.3 Å². The summed E-state index contributed by atoms with van der Waals surface area (Å²) >= 11 is 0.687. The summed E-state index contributed by atoms with van der Waals surface area (Å²) in [7, 11) is 1.45. The Kier molecular flexibility index (Phi) is 8.07. The summed E-state index contributed by atoms with van der Waals surface area (Å²) < 4.78 is 25.0. The van der Waals surface area contributed by atoms with E-state index in [1.54, 1.807) is 36.4 Å². The van der Waals surface area contributed by atoms with Crippen LogP contribution >= 0.6 is 11.8 Å². The number of benzene rings is 3. The van der Waals surface area contributed by atoms with E-state index in [4.69, 9.17) is 14.6 Å². The minimum absolute atomic E-state index is 0.0494. The lowest BCUT2D eigenvalue weighted by Crippen LogP contribution is -2.36. The monoisotopic (exact) mass is 536 g/mol. The van der Waals surface area contributed by atoms with Gasteiger partial charge in [0.1, 0.15) is 19.0 Å². The van der Waals surface area contributed by atoms with E-state index in [0.717, 1.165) is 10.5 Å². The summed E-state index contributed by atoms with van der Waals surface area (Å²) in [5.41, 5.74) is 1.44.